The van der Waals surface area contributed by atoms with Gasteiger partial charge >= 0.3 is 0 Å². The Morgan fingerprint density at radius 1 is 0.791 bits per heavy atom. The molecule has 1 aliphatic rings. The smallest absolute Gasteiger partial charge is 0.257 e. The molecule has 1 saturated heterocycles. The monoisotopic (exact) mass is 652 g/mol. The number of piperazine rings is 1. The second-order valence-electron chi connectivity index (χ2n) is 10.1. The third kappa shape index (κ3) is 7.01. The van der Waals surface area contributed by atoms with Gasteiger partial charge in [0.25, 0.3) is 11.1 Å². The summed E-state index contributed by atoms with van der Waals surface area (Å²) in [6, 6.07) is 35.0. The molecular formula is C34H29BrN4O3S. The standard InChI is InChI=1S/C34H29BrN4O3S/c35-27-13-11-26(12-14-27)33(41)39-21-19-38(20-22-39)29-17-15-28(16-18-29)36-30(40)23-43-34-37-31(24-7-3-1-4-8-24)32(42-34)25-9-5-2-6-10-25/h1-18H,19-23H2,(H,36,40). The molecule has 7 nitrogen and oxygen atoms in total. The zero-order valence-electron chi connectivity index (χ0n) is 23.3. The Morgan fingerprint density at radius 2 is 1.42 bits per heavy atom. The maximum Gasteiger partial charge on any atom is 0.257 e. The second-order valence-corrected chi connectivity index (χ2v) is 11.9. The molecule has 4 aromatic carbocycles. The van der Waals surface area contributed by atoms with E-state index in [-0.39, 0.29) is 17.6 Å². The fourth-order valence-electron chi connectivity index (χ4n) is 4.96. The number of anilines is 2. The average molecular weight is 654 g/mol. The summed E-state index contributed by atoms with van der Waals surface area (Å²) >= 11 is 4.68. The molecule has 216 valence electrons. The molecule has 0 aliphatic carbocycles. The molecule has 1 N–H and O–H groups in total. The topological polar surface area (TPSA) is 78.7 Å². The summed E-state index contributed by atoms with van der Waals surface area (Å²) in [6.07, 6.45) is 0. The zero-order valence-corrected chi connectivity index (χ0v) is 25.7. The Balaban J connectivity index is 1.03. The molecule has 1 aromatic heterocycles. The van der Waals surface area contributed by atoms with Crippen LogP contribution in [0.25, 0.3) is 22.6 Å². The van der Waals surface area contributed by atoms with Crippen LogP contribution < -0.4 is 10.2 Å². The Kier molecular flexibility index (Phi) is 8.91. The van der Waals surface area contributed by atoms with Gasteiger partial charge in [0.2, 0.25) is 5.91 Å². The van der Waals surface area contributed by atoms with Gasteiger partial charge < -0.3 is 19.5 Å². The normalized spacial score (nSPS) is 13.1. The highest BCUT2D eigenvalue weighted by atomic mass is 79.9. The number of hydrogen-bond donors (Lipinski definition) is 1. The molecule has 6 rings (SSSR count). The molecule has 0 atom stereocenters. The maximum absolute atomic E-state index is 12.8. The zero-order chi connectivity index (χ0) is 29.6. The van der Waals surface area contributed by atoms with Gasteiger partial charge in [0, 0.05) is 58.7 Å². The number of oxazole rings is 1. The molecule has 9 heteroatoms. The summed E-state index contributed by atoms with van der Waals surface area (Å²) in [5, 5.41) is 3.41. The van der Waals surface area contributed by atoms with Crippen molar-refractivity contribution in [1.82, 2.24) is 9.88 Å². The first kappa shape index (κ1) is 28.8. The third-order valence-corrected chi connectivity index (χ3v) is 8.55. The van der Waals surface area contributed by atoms with Crippen LogP contribution in [0.4, 0.5) is 11.4 Å². The van der Waals surface area contributed by atoms with Crippen LogP contribution in [0.5, 0.6) is 0 Å². The van der Waals surface area contributed by atoms with Crippen molar-refractivity contribution in [2.24, 2.45) is 0 Å². The lowest BCUT2D eigenvalue weighted by Crippen LogP contribution is -2.48. The minimum Gasteiger partial charge on any atom is -0.431 e. The molecule has 2 amide bonds. The molecule has 5 aromatic rings. The minimum absolute atomic E-state index is 0.0559. The number of carbonyl (C=O) groups excluding carboxylic acids is 2. The molecular weight excluding hydrogens is 624 g/mol. The SMILES string of the molecule is O=C(CSc1nc(-c2ccccc2)c(-c2ccccc2)o1)Nc1ccc(N2CCN(C(=O)c3ccc(Br)cc3)CC2)cc1. The van der Waals surface area contributed by atoms with Crippen molar-refractivity contribution in [3.8, 4) is 22.6 Å². The number of halogens is 1. The van der Waals surface area contributed by atoms with Crippen molar-refractivity contribution in [3.63, 3.8) is 0 Å². The number of amides is 2. The van der Waals surface area contributed by atoms with Crippen LogP contribution in [-0.4, -0.2) is 53.6 Å². The number of aromatic nitrogens is 1. The van der Waals surface area contributed by atoms with E-state index in [9.17, 15) is 9.59 Å². The van der Waals surface area contributed by atoms with Gasteiger partial charge in [0.15, 0.2) is 5.76 Å². The van der Waals surface area contributed by atoms with Crippen LogP contribution in [-0.2, 0) is 4.79 Å². The lowest BCUT2D eigenvalue weighted by atomic mass is 10.1. The number of nitrogens with one attached hydrogen (secondary N) is 1. The molecule has 0 spiro atoms. The largest absolute Gasteiger partial charge is 0.431 e. The average Bonchev–Trinajstić information content (AvgIpc) is 3.50. The Bertz CT molecular complexity index is 1630. The fraction of sp³-hybridized carbons (Fsp3) is 0.147. The summed E-state index contributed by atoms with van der Waals surface area (Å²) in [5.41, 5.74) is 5.13. The molecule has 43 heavy (non-hydrogen) atoms. The molecule has 0 bridgehead atoms. The number of thioether (sulfide) groups is 1. The Labute approximate surface area is 263 Å². The van der Waals surface area contributed by atoms with Crippen LogP contribution in [0.1, 0.15) is 10.4 Å². The first-order valence-electron chi connectivity index (χ1n) is 14.0. The van der Waals surface area contributed by atoms with E-state index in [0.29, 0.717) is 29.6 Å². The number of nitrogens with zero attached hydrogens (tertiary/aromatic N) is 3. The van der Waals surface area contributed by atoms with E-state index in [1.54, 1.807) is 0 Å². The predicted molar refractivity (Wildman–Crippen MR) is 175 cm³/mol. The summed E-state index contributed by atoms with van der Waals surface area (Å²) in [7, 11) is 0. The summed E-state index contributed by atoms with van der Waals surface area (Å²) in [4.78, 5) is 34.5. The summed E-state index contributed by atoms with van der Waals surface area (Å²) < 4.78 is 7.09. The van der Waals surface area contributed by atoms with E-state index in [1.807, 2.05) is 114 Å². The van der Waals surface area contributed by atoms with Crippen molar-refractivity contribution in [3.05, 3.63) is 119 Å². The van der Waals surface area contributed by atoms with Gasteiger partial charge in [-0.1, -0.05) is 88.4 Å². The van der Waals surface area contributed by atoms with E-state index in [4.69, 9.17) is 9.40 Å². The lowest BCUT2D eigenvalue weighted by Gasteiger charge is -2.36. The number of benzene rings is 4. The second kappa shape index (κ2) is 13.3. The summed E-state index contributed by atoms with van der Waals surface area (Å²) in [6.45, 7) is 2.81. The summed E-state index contributed by atoms with van der Waals surface area (Å²) in [5.74, 6) is 0.766. The van der Waals surface area contributed by atoms with Gasteiger partial charge in [-0.15, -0.1) is 0 Å². The van der Waals surface area contributed by atoms with Gasteiger partial charge in [0.05, 0.1) is 5.75 Å². The van der Waals surface area contributed by atoms with Crippen molar-refractivity contribution in [2.45, 2.75) is 5.22 Å². The van der Waals surface area contributed by atoms with Crippen molar-refractivity contribution < 1.29 is 14.0 Å². The minimum atomic E-state index is -0.140. The number of carbonyl (C=O) groups is 2. The number of rotatable bonds is 8. The van der Waals surface area contributed by atoms with Crippen LogP contribution in [0.3, 0.4) is 0 Å². The quantitative estimate of drug-likeness (QED) is 0.175. The maximum atomic E-state index is 12.8. The van der Waals surface area contributed by atoms with Crippen molar-refractivity contribution >= 4 is 50.9 Å². The van der Waals surface area contributed by atoms with E-state index < -0.39 is 0 Å². The number of hydrogen-bond acceptors (Lipinski definition) is 6. The van der Waals surface area contributed by atoms with Crippen molar-refractivity contribution in [1.29, 1.82) is 0 Å². The molecule has 0 radical (unpaired) electrons. The van der Waals surface area contributed by atoms with E-state index in [0.717, 1.165) is 45.8 Å². The molecule has 1 fully saturated rings. The fourth-order valence-corrected chi connectivity index (χ4v) is 5.85. The molecule has 1 aliphatic heterocycles. The van der Waals surface area contributed by atoms with E-state index in [1.165, 1.54) is 11.8 Å². The van der Waals surface area contributed by atoms with Gasteiger partial charge in [-0.25, -0.2) is 4.98 Å². The predicted octanol–water partition coefficient (Wildman–Crippen LogP) is 7.46. The van der Waals surface area contributed by atoms with Gasteiger partial charge in [0.1, 0.15) is 5.69 Å². The highest BCUT2D eigenvalue weighted by molar-refractivity contribution is 9.10. The Morgan fingerprint density at radius 3 is 2.07 bits per heavy atom. The van der Waals surface area contributed by atoms with Crippen LogP contribution in [0.15, 0.2) is 123 Å². The van der Waals surface area contributed by atoms with E-state index >= 15 is 0 Å². The third-order valence-electron chi connectivity index (χ3n) is 7.19. The molecule has 2 heterocycles. The van der Waals surface area contributed by atoms with E-state index in [2.05, 4.69) is 26.1 Å². The van der Waals surface area contributed by atoms with Crippen molar-refractivity contribution in [2.75, 3.05) is 42.1 Å². The lowest BCUT2D eigenvalue weighted by molar-refractivity contribution is -0.113. The first-order valence-corrected chi connectivity index (χ1v) is 15.8. The molecule has 0 unspecified atom stereocenters. The first-order chi connectivity index (χ1) is 21.0. The molecule has 0 saturated carbocycles. The van der Waals surface area contributed by atoms with Crippen LogP contribution >= 0.6 is 27.7 Å². The van der Waals surface area contributed by atoms with Crippen LogP contribution in [0.2, 0.25) is 0 Å². The van der Waals surface area contributed by atoms with Gasteiger partial charge in [-0.05, 0) is 48.5 Å². The van der Waals surface area contributed by atoms with Gasteiger partial charge in [-0.2, -0.15) is 0 Å². The highest BCUT2D eigenvalue weighted by Crippen LogP contribution is 2.35. The van der Waals surface area contributed by atoms with Gasteiger partial charge in [-0.3, -0.25) is 9.59 Å². The van der Waals surface area contributed by atoms with Crippen LogP contribution in [0, 0.1) is 0 Å². The highest BCUT2D eigenvalue weighted by Gasteiger charge is 2.23. The Hall–Kier alpha value is -4.34.